The largest absolute Gasteiger partial charge is 0.311 e. The van der Waals surface area contributed by atoms with Gasteiger partial charge in [0, 0.05) is 23.8 Å². The lowest BCUT2D eigenvalue weighted by Crippen LogP contribution is -2.15. The molecular formula is C16H19N5S. The number of hydrogen-bond donors (Lipinski definition) is 2. The van der Waals surface area contributed by atoms with Crippen molar-refractivity contribution in [3.63, 3.8) is 0 Å². The first kappa shape index (κ1) is 14.9. The third-order valence-electron chi connectivity index (χ3n) is 3.48. The number of hydrogen-bond acceptors (Lipinski definition) is 5. The number of H-pyrrole nitrogens is 1. The Bertz CT molecular complexity index is 704. The Balaban J connectivity index is 1.43. The molecule has 3 heterocycles. The molecule has 0 aliphatic heterocycles. The van der Waals surface area contributed by atoms with Crippen LogP contribution in [0.4, 0.5) is 0 Å². The van der Waals surface area contributed by atoms with Crippen LogP contribution >= 0.6 is 11.3 Å². The second kappa shape index (κ2) is 7.29. The summed E-state index contributed by atoms with van der Waals surface area (Å²) in [6.45, 7) is 3.83. The average molecular weight is 313 g/mol. The van der Waals surface area contributed by atoms with Crippen molar-refractivity contribution in [2.75, 3.05) is 6.54 Å². The fourth-order valence-electron chi connectivity index (χ4n) is 2.24. The van der Waals surface area contributed by atoms with Crippen molar-refractivity contribution in [2.24, 2.45) is 0 Å². The molecule has 0 aliphatic carbocycles. The van der Waals surface area contributed by atoms with Gasteiger partial charge >= 0.3 is 0 Å². The van der Waals surface area contributed by atoms with Crippen LogP contribution in [0.25, 0.3) is 10.7 Å². The molecule has 0 bridgehead atoms. The van der Waals surface area contributed by atoms with E-state index in [1.165, 1.54) is 11.3 Å². The van der Waals surface area contributed by atoms with Gasteiger partial charge in [0.25, 0.3) is 0 Å². The Hall–Kier alpha value is -2.05. The highest BCUT2D eigenvalue weighted by molar-refractivity contribution is 7.13. The van der Waals surface area contributed by atoms with Gasteiger partial charge in [-0.3, -0.25) is 10.1 Å². The van der Waals surface area contributed by atoms with Gasteiger partial charge in [0.05, 0.1) is 17.6 Å². The van der Waals surface area contributed by atoms with E-state index >= 15 is 0 Å². The maximum absolute atomic E-state index is 4.62. The monoisotopic (exact) mass is 313 g/mol. The van der Waals surface area contributed by atoms with Gasteiger partial charge in [-0.25, -0.2) is 4.98 Å². The lowest BCUT2D eigenvalue weighted by Gasteiger charge is -2.02. The van der Waals surface area contributed by atoms with E-state index in [-0.39, 0.29) is 0 Å². The van der Waals surface area contributed by atoms with Gasteiger partial charge < -0.3 is 5.32 Å². The molecule has 6 heteroatoms. The summed E-state index contributed by atoms with van der Waals surface area (Å²) in [5.74, 6) is 0. The SMILES string of the molecule is Cc1[nH]ncc1CCCNCc1csc(-c2ccccn2)n1. The summed E-state index contributed by atoms with van der Waals surface area (Å²) in [5, 5.41) is 13.5. The normalized spacial score (nSPS) is 11.0. The Morgan fingerprint density at radius 1 is 1.32 bits per heavy atom. The fraction of sp³-hybridized carbons (Fsp3) is 0.312. The molecule has 0 saturated carbocycles. The van der Waals surface area contributed by atoms with Crippen molar-refractivity contribution in [3.8, 4) is 10.7 Å². The van der Waals surface area contributed by atoms with Crippen LogP contribution < -0.4 is 5.32 Å². The molecule has 0 aliphatic rings. The minimum atomic E-state index is 0.799. The first-order valence-corrected chi connectivity index (χ1v) is 8.26. The molecule has 0 radical (unpaired) electrons. The van der Waals surface area contributed by atoms with Gasteiger partial charge in [0.1, 0.15) is 5.01 Å². The second-order valence-electron chi connectivity index (χ2n) is 5.16. The van der Waals surface area contributed by atoms with Crippen LogP contribution in [0.3, 0.4) is 0 Å². The third kappa shape index (κ3) is 3.78. The summed E-state index contributed by atoms with van der Waals surface area (Å²) >= 11 is 1.64. The van der Waals surface area contributed by atoms with Crippen LogP contribution in [0, 0.1) is 6.92 Å². The first-order chi connectivity index (χ1) is 10.8. The minimum absolute atomic E-state index is 0.799. The van der Waals surface area contributed by atoms with Gasteiger partial charge in [-0.15, -0.1) is 11.3 Å². The molecule has 0 spiro atoms. The van der Waals surface area contributed by atoms with Crippen molar-refractivity contribution >= 4 is 11.3 Å². The van der Waals surface area contributed by atoms with Crippen LogP contribution in [-0.2, 0) is 13.0 Å². The van der Waals surface area contributed by atoms with E-state index in [4.69, 9.17) is 0 Å². The molecule has 22 heavy (non-hydrogen) atoms. The van der Waals surface area contributed by atoms with Crippen LogP contribution in [-0.4, -0.2) is 26.7 Å². The number of nitrogens with one attached hydrogen (secondary N) is 2. The number of rotatable bonds is 7. The van der Waals surface area contributed by atoms with Crippen LogP contribution in [0.2, 0.25) is 0 Å². The summed E-state index contributed by atoms with van der Waals surface area (Å²) in [6, 6.07) is 5.89. The zero-order chi connectivity index (χ0) is 15.2. The predicted octanol–water partition coefficient (Wildman–Crippen LogP) is 2.96. The van der Waals surface area contributed by atoms with Crippen LogP contribution in [0.5, 0.6) is 0 Å². The number of thiazole rings is 1. The maximum Gasteiger partial charge on any atom is 0.142 e. The summed E-state index contributed by atoms with van der Waals surface area (Å²) < 4.78 is 0. The lowest BCUT2D eigenvalue weighted by atomic mass is 10.1. The zero-order valence-corrected chi connectivity index (χ0v) is 13.4. The smallest absolute Gasteiger partial charge is 0.142 e. The molecular weight excluding hydrogens is 294 g/mol. The molecule has 0 unspecified atom stereocenters. The average Bonchev–Trinajstić information content (AvgIpc) is 3.17. The third-order valence-corrected chi connectivity index (χ3v) is 4.39. The standard InChI is InChI=1S/C16H19N5S/c1-12-13(9-19-21-12)5-4-7-17-10-14-11-22-16(20-14)15-6-2-3-8-18-15/h2-3,6,8-9,11,17H,4-5,7,10H2,1H3,(H,19,21). The predicted molar refractivity (Wildman–Crippen MR) is 88.7 cm³/mol. The molecule has 2 N–H and O–H groups in total. The maximum atomic E-state index is 4.62. The molecule has 3 aromatic rings. The van der Waals surface area contributed by atoms with E-state index in [2.05, 4.69) is 37.8 Å². The minimum Gasteiger partial charge on any atom is -0.311 e. The molecule has 3 rings (SSSR count). The number of pyridine rings is 1. The Morgan fingerprint density at radius 3 is 3.05 bits per heavy atom. The van der Waals surface area contributed by atoms with Crippen molar-refractivity contribution in [1.29, 1.82) is 0 Å². The van der Waals surface area contributed by atoms with Crippen molar-refractivity contribution in [2.45, 2.75) is 26.3 Å². The van der Waals surface area contributed by atoms with E-state index in [9.17, 15) is 0 Å². The fourth-order valence-corrected chi connectivity index (χ4v) is 3.04. The zero-order valence-electron chi connectivity index (χ0n) is 12.5. The molecule has 0 amide bonds. The Morgan fingerprint density at radius 2 is 2.27 bits per heavy atom. The highest BCUT2D eigenvalue weighted by Crippen LogP contribution is 2.21. The van der Waals surface area contributed by atoms with Gasteiger partial charge in [-0.1, -0.05) is 6.07 Å². The van der Waals surface area contributed by atoms with E-state index in [0.717, 1.165) is 42.3 Å². The second-order valence-corrected chi connectivity index (χ2v) is 6.02. The summed E-state index contributed by atoms with van der Waals surface area (Å²) in [7, 11) is 0. The van der Waals surface area contributed by atoms with Crippen molar-refractivity contribution in [1.82, 2.24) is 25.5 Å². The summed E-state index contributed by atoms with van der Waals surface area (Å²) in [4.78, 5) is 8.95. The Kier molecular flexibility index (Phi) is 4.92. The first-order valence-electron chi connectivity index (χ1n) is 7.38. The molecule has 0 saturated heterocycles. The molecule has 3 aromatic heterocycles. The van der Waals surface area contributed by atoms with E-state index in [1.54, 1.807) is 17.5 Å². The Labute approximate surface area is 133 Å². The van der Waals surface area contributed by atoms with Crippen molar-refractivity contribution < 1.29 is 0 Å². The number of nitrogens with zero attached hydrogens (tertiary/aromatic N) is 3. The summed E-state index contributed by atoms with van der Waals surface area (Å²) in [6.07, 6.45) is 5.85. The number of aromatic nitrogens is 4. The van der Waals surface area contributed by atoms with Gasteiger partial charge in [-0.2, -0.15) is 5.10 Å². The molecule has 0 atom stereocenters. The number of aryl methyl sites for hydroxylation is 2. The van der Waals surface area contributed by atoms with Gasteiger partial charge in [-0.05, 0) is 44.0 Å². The van der Waals surface area contributed by atoms with E-state index in [0.29, 0.717) is 0 Å². The van der Waals surface area contributed by atoms with E-state index in [1.807, 2.05) is 24.4 Å². The lowest BCUT2D eigenvalue weighted by molar-refractivity contribution is 0.642. The van der Waals surface area contributed by atoms with Gasteiger partial charge in [0.15, 0.2) is 0 Å². The van der Waals surface area contributed by atoms with Crippen LogP contribution in [0.1, 0.15) is 23.4 Å². The van der Waals surface area contributed by atoms with E-state index < -0.39 is 0 Å². The quantitative estimate of drug-likeness (QED) is 0.658. The summed E-state index contributed by atoms with van der Waals surface area (Å²) in [5.41, 5.74) is 4.48. The molecule has 0 fully saturated rings. The highest BCUT2D eigenvalue weighted by atomic mass is 32.1. The highest BCUT2D eigenvalue weighted by Gasteiger charge is 2.05. The molecule has 5 nitrogen and oxygen atoms in total. The van der Waals surface area contributed by atoms with Crippen LogP contribution in [0.15, 0.2) is 36.0 Å². The van der Waals surface area contributed by atoms with Gasteiger partial charge in [0.2, 0.25) is 0 Å². The van der Waals surface area contributed by atoms with Crippen molar-refractivity contribution in [3.05, 3.63) is 52.9 Å². The molecule has 0 aromatic carbocycles. The topological polar surface area (TPSA) is 66.5 Å². The number of aromatic amines is 1. The molecule has 114 valence electrons.